The molecular formula is C17H22N2OS. The third-order valence-corrected chi connectivity index (χ3v) is 4.86. The second-order valence-electron chi connectivity index (χ2n) is 6.15. The van der Waals surface area contributed by atoms with Gasteiger partial charge >= 0.3 is 0 Å². The summed E-state index contributed by atoms with van der Waals surface area (Å²) in [6.45, 7) is 7.12. The van der Waals surface area contributed by atoms with Gasteiger partial charge in [0.2, 0.25) is 5.91 Å². The van der Waals surface area contributed by atoms with Crippen LogP contribution in [0.2, 0.25) is 0 Å². The van der Waals surface area contributed by atoms with Gasteiger partial charge in [0, 0.05) is 16.3 Å². The summed E-state index contributed by atoms with van der Waals surface area (Å²) in [4.78, 5) is 14.0. The van der Waals surface area contributed by atoms with Crippen LogP contribution in [-0.4, -0.2) is 5.91 Å². The second kappa shape index (κ2) is 6.41. The number of carbonyl (C=O) groups excluding carboxylic acids is 1. The Labute approximate surface area is 130 Å². The highest BCUT2D eigenvalue weighted by molar-refractivity contribution is 7.12. The zero-order chi connectivity index (χ0) is 15.5. The fraction of sp³-hybridized carbons (Fsp3) is 0.353. The number of benzene rings is 1. The van der Waals surface area contributed by atoms with E-state index in [0.29, 0.717) is 6.54 Å². The summed E-state index contributed by atoms with van der Waals surface area (Å²) in [7, 11) is 0. The van der Waals surface area contributed by atoms with Crippen molar-refractivity contribution in [3.63, 3.8) is 0 Å². The largest absolute Gasteiger partial charge is 0.368 e. The van der Waals surface area contributed by atoms with Crippen molar-refractivity contribution in [2.45, 2.75) is 38.8 Å². The van der Waals surface area contributed by atoms with Crippen LogP contribution >= 0.6 is 11.3 Å². The predicted molar refractivity (Wildman–Crippen MR) is 88.2 cm³/mol. The third-order valence-electron chi connectivity index (χ3n) is 3.29. The summed E-state index contributed by atoms with van der Waals surface area (Å²) in [5.74, 6) is -0.340. The molecular weight excluding hydrogens is 280 g/mol. The molecule has 0 bridgehead atoms. The number of hydrogen-bond donors (Lipinski definition) is 2. The number of amides is 1. The minimum Gasteiger partial charge on any atom is -0.368 e. The fourth-order valence-corrected chi connectivity index (χ4v) is 3.22. The molecule has 1 heterocycles. The molecule has 0 aliphatic heterocycles. The lowest BCUT2D eigenvalue weighted by Crippen LogP contribution is -2.32. The lowest BCUT2D eigenvalue weighted by molar-refractivity contribution is -0.120. The van der Waals surface area contributed by atoms with Gasteiger partial charge in [-0.25, -0.2) is 0 Å². The average molecular weight is 302 g/mol. The molecule has 3 nitrogen and oxygen atoms in total. The number of hydrogen-bond acceptors (Lipinski definition) is 3. The average Bonchev–Trinajstić information content (AvgIpc) is 2.89. The molecule has 21 heavy (non-hydrogen) atoms. The van der Waals surface area contributed by atoms with E-state index in [1.807, 2.05) is 36.4 Å². The van der Waals surface area contributed by atoms with Crippen LogP contribution in [0.1, 0.15) is 42.1 Å². The van der Waals surface area contributed by atoms with Crippen LogP contribution in [0.25, 0.3) is 0 Å². The highest BCUT2D eigenvalue weighted by Crippen LogP contribution is 2.32. The lowest BCUT2D eigenvalue weighted by atomic mass is 9.95. The van der Waals surface area contributed by atoms with Crippen molar-refractivity contribution in [3.8, 4) is 0 Å². The van der Waals surface area contributed by atoms with Crippen molar-refractivity contribution >= 4 is 17.2 Å². The van der Waals surface area contributed by atoms with E-state index in [1.54, 1.807) is 11.3 Å². The van der Waals surface area contributed by atoms with E-state index in [1.165, 1.54) is 4.88 Å². The second-order valence-corrected chi connectivity index (χ2v) is 7.27. The third kappa shape index (κ3) is 4.16. The minimum atomic E-state index is -0.439. The molecule has 1 atom stereocenters. The van der Waals surface area contributed by atoms with E-state index in [2.05, 4.69) is 32.2 Å². The van der Waals surface area contributed by atoms with Crippen molar-refractivity contribution in [1.82, 2.24) is 5.32 Å². The van der Waals surface area contributed by atoms with Gasteiger partial charge in [-0.05, 0) is 23.1 Å². The molecule has 1 unspecified atom stereocenters. The Morgan fingerprint density at radius 3 is 2.38 bits per heavy atom. The van der Waals surface area contributed by atoms with Crippen LogP contribution in [0.5, 0.6) is 0 Å². The number of thiophene rings is 1. The Hall–Kier alpha value is -1.65. The molecule has 1 aromatic heterocycles. The molecule has 2 rings (SSSR count). The molecule has 2 aromatic rings. The van der Waals surface area contributed by atoms with Crippen molar-refractivity contribution in [2.24, 2.45) is 5.73 Å². The van der Waals surface area contributed by atoms with Crippen molar-refractivity contribution in [2.75, 3.05) is 0 Å². The highest BCUT2D eigenvalue weighted by Gasteiger charge is 2.22. The highest BCUT2D eigenvalue weighted by atomic mass is 32.1. The Morgan fingerprint density at radius 1 is 1.19 bits per heavy atom. The summed E-state index contributed by atoms with van der Waals surface area (Å²) < 4.78 is 0. The zero-order valence-electron chi connectivity index (χ0n) is 12.7. The molecule has 1 amide bonds. The van der Waals surface area contributed by atoms with Gasteiger partial charge in [-0.1, -0.05) is 51.1 Å². The molecule has 0 radical (unpaired) electrons. The van der Waals surface area contributed by atoms with E-state index < -0.39 is 6.04 Å². The molecule has 4 heteroatoms. The van der Waals surface area contributed by atoms with E-state index in [9.17, 15) is 4.79 Å². The molecule has 112 valence electrons. The fourth-order valence-electron chi connectivity index (χ4n) is 2.07. The first-order valence-electron chi connectivity index (χ1n) is 7.05. The standard InChI is InChI=1S/C17H22N2OS/c1-17(2,3)14-10-9-13(21-14)15(16(18)20)19-11-12-7-5-4-6-8-12/h4-10,15,19H,11H2,1-3H3,(H2,18,20). The van der Waals surface area contributed by atoms with Gasteiger partial charge < -0.3 is 5.73 Å². The van der Waals surface area contributed by atoms with Gasteiger partial charge in [-0.3, -0.25) is 10.1 Å². The topological polar surface area (TPSA) is 55.1 Å². The molecule has 0 saturated carbocycles. The number of rotatable bonds is 5. The normalized spacial score (nSPS) is 13.1. The Balaban J connectivity index is 2.12. The number of carbonyl (C=O) groups is 1. The summed E-state index contributed by atoms with van der Waals surface area (Å²) in [5.41, 5.74) is 6.78. The van der Waals surface area contributed by atoms with Crippen LogP contribution in [0.4, 0.5) is 0 Å². The van der Waals surface area contributed by atoms with E-state index >= 15 is 0 Å². The van der Waals surface area contributed by atoms with Gasteiger partial charge in [-0.2, -0.15) is 0 Å². The number of nitrogens with two attached hydrogens (primary N) is 1. The maximum absolute atomic E-state index is 11.7. The predicted octanol–water partition coefficient (Wildman–Crippen LogP) is 3.36. The zero-order valence-corrected chi connectivity index (χ0v) is 13.5. The van der Waals surface area contributed by atoms with Crippen LogP contribution in [0, 0.1) is 0 Å². The quantitative estimate of drug-likeness (QED) is 0.890. The van der Waals surface area contributed by atoms with Crippen LogP contribution in [0.15, 0.2) is 42.5 Å². The molecule has 3 N–H and O–H groups in total. The Morgan fingerprint density at radius 2 is 1.86 bits per heavy atom. The van der Waals surface area contributed by atoms with Crippen LogP contribution < -0.4 is 11.1 Å². The summed E-state index contributed by atoms with van der Waals surface area (Å²) in [6.07, 6.45) is 0. The summed E-state index contributed by atoms with van der Waals surface area (Å²) in [6, 6.07) is 13.6. The van der Waals surface area contributed by atoms with Gasteiger partial charge in [0.15, 0.2) is 0 Å². The van der Waals surface area contributed by atoms with Gasteiger partial charge in [0.25, 0.3) is 0 Å². The summed E-state index contributed by atoms with van der Waals surface area (Å²) in [5, 5.41) is 3.25. The number of nitrogens with one attached hydrogen (secondary N) is 1. The maximum Gasteiger partial charge on any atom is 0.240 e. The van der Waals surface area contributed by atoms with E-state index in [0.717, 1.165) is 10.4 Å². The van der Waals surface area contributed by atoms with Gasteiger partial charge in [0.1, 0.15) is 6.04 Å². The first-order chi connectivity index (χ1) is 9.88. The first kappa shape index (κ1) is 15.7. The molecule has 0 saturated heterocycles. The lowest BCUT2D eigenvalue weighted by Gasteiger charge is -2.17. The van der Waals surface area contributed by atoms with Crippen molar-refractivity contribution in [1.29, 1.82) is 0 Å². The monoisotopic (exact) mass is 302 g/mol. The smallest absolute Gasteiger partial charge is 0.240 e. The summed E-state index contributed by atoms with van der Waals surface area (Å²) >= 11 is 1.65. The van der Waals surface area contributed by atoms with Gasteiger partial charge in [0.05, 0.1) is 0 Å². The SMILES string of the molecule is CC(C)(C)c1ccc(C(NCc2ccccc2)C(N)=O)s1. The molecule has 0 fully saturated rings. The Bertz CT molecular complexity index is 599. The van der Waals surface area contributed by atoms with Gasteiger partial charge in [-0.15, -0.1) is 11.3 Å². The van der Waals surface area contributed by atoms with Crippen LogP contribution in [-0.2, 0) is 16.8 Å². The first-order valence-corrected chi connectivity index (χ1v) is 7.86. The minimum absolute atomic E-state index is 0.0878. The van der Waals surface area contributed by atoms with E-state index in [-0.39, 0.29) is 11.3 Å². The van der Waals surface area contributed by atoms with Crippen molar-refractivity contribution < 1.29 is 4.79 Å². The molecule has 0 aliphatic rings. The molecule has 0 spiro atoms. The van der Waals surface area contributed by atoms with Crippen LogP contribution in [0.3, 0.4) is 0 Å². The van der Waals surface area contributed by atoms with Crippen molar-refractivity contribution in [3.05, 3.63) is 57.8 Å². The maximum atomic E-state index is 11.7. The molecule has 0 aliphatic carbocycles. The Kier molecular flexibility index (Phi) is 4.80. The molecule has 1 aromatic carbocycles. The van der Waals surface area contributed by atoms with E-state index in [4.69, 9.17) is 5.73 Å². The number of primary amides is 1.